The number of hydrogen-bond donors (Lipinski definition) is 1. The smallest absolute Gasteiger partial charge is 0.230 e. The fraction of sp³-hybridized carbons (Fsp3) is 0.667. The van der Waals surface area contributed by atoms with Crippen LogP contribution < -0.4 is 5.32 Å². The zero-order valence-electron chi connectivity index (χ0n) is 18.9. The number of halogens is 2. The average Bonchev–Trinajstić information content (AvgIpc) is 2.63. The lowest BCUT2D eigenvalue weighted by molar-refractivity contribution is -0.128. The zero-order chi connectivity index (χ0) is 22.5. The second-order valence-corrected chi connectivity index (χ2v) is 12.1. The number of thioether (sulfide) groups is 1. The standard InChI is InChI=1S/C24H35Cl2NO2S/c1-16(2)9-12-24(10-7-6-8-11-24)22(29)27-19-13-17(25)18(26)14-20(19)30-21(28)15-23(3,4)5/h13-14,16H,6-12,15H2,1-5H3,(H,27,29). The molecular weight excluding hydrogens is 437 g/mol. The topological polar surface area (TPSA) is 46.2 Å². The van der Waals surface area contributed by atoms with Crippen molar-refractivity contribution in [2.24, 2.45) is 16.7 Å². The second kappa shape index (κ2) is 10.7. The van der Waals surface area contributed by atoms with Crippen LogP contribution in [0.25, 0.3) is 0 Å². The minimum absolute atomic E-state index is 0.0450. The van der Waals surface area contributed by atoms with Crippen LogP contribution >= 0.6 is 35.0 Å². The summed E-state index contributed by atoms with van der Waals surface area (Å²) in [5.74, 6) is 0.606. The van der Waals surface area contributed by atoms with Crippen molar-refractivity contribution in [3.8, 4) is 0 Å². The maximum atomic E-state index is 13.5. The molecule has 1 fully saturated rings. The quantitative estimate of drug-likeness (QED) is 0.406. The highest BCUT2D eigenvalue weighted by Gasteiger charge is 2.39. The molecule has 1 amide bonds. The van der Waals surface area contributed by atoms with Crippen molar-refractivity contribution < 1.29 is 9.59 Å². The molecule has 3 nitrogen and oxygen atoms in total. The molecule has 30 heavy (non-hydrogen) atoms. The molecule has 168 valence electrons. The number of anilines is 1. The Bertz CT molecular complexity index is 765. The highest BCUT2D eigenvalue weighted by molar-refractivity contribution is 8.13. The Morgan fingerprint density at radius 3 is 2.27 bits per heavy atom. The molecule has 0 heterocycles. The van der Waals surface area contributed by atoms with E-state index >= 15 is 0 Å². The molecule has 0 aromatic heterocycles. The Labute approximate surface area is 196 Å². The van der Waals surface area contributed by atoms with Crippen LogP contribution in [0.15, 0.2) is 17.0 Å². The van der Waals surface area contributed by atoms with E-state index in [1.54, 1.807) is 12.1 Å². The predicted molar refractivity (Wildman–Crippen MR) is 130 cm³/mol. The van der Waals surface area contributed by atoms with Gasteiger partial charge in [-0.05, 0) is 60.9 Å². The average molecular weight is 473 g/mol. The van der Waals surface area contributed by atoms with Crippen LogP contribution in [0, 0.1) is 16.7 Å². The first-order valence-corrected chi connectivity index (χ1v) is 12.5. The summed E-state index contributed by atoms with van der Waals surface area (Å²) in [6.07, 6.45) is 7.53. The van der Waals surface area contributed by atoms with E-state index in [-0.39, 0.29) is 21.9 Å². The number of carbonyl (C=O) groups is 2. The van der Waals surface area contributed by atoms with Gasteiger partial charge in [0.15, 0.2) is 5.12 Å². The Hall–Kier alpha value is -0.710. The fourth-order valence-electron chi connectivity index (χ4n) is 3.94. The van der Waals surface area contributed by atoms with Crippen LogP contribution in [-0.4, -0.2) is 11.0 Å². The van der Waals surface area contributed by atoms with E-state index in [0.29, 0.717) is 33.0 Å². The molecule has 1 aliphatic rings. The minimum Gasteiger partial charge on any atom is -0.325 e. The summed E-state index contributed by atoms with van der Waals surface area (Å²) in [5.41, 5.74) is 0.134. The van der Waals surface area contributed by atoms with Crippen molar-refractivity contribution in [1.82, 2.24) is 0 Å². The molecule has 6 heteroatoms. The van der Waals surface area contributed by atoms with E-state index in [4.69, 9.17) is 23.2 Å². The van der Waals surface area contributed by atoms with Crippen LogP contribution in [0.1, 0.15) is 86.0 Å². The summed E-state index contributed by atoms with van der Waals surface area (Å²) in [4.78, 5) is 26.7. The third kappa shape index (κ3) is 7.46. The maximum absolute atomic E-state index is 13.5. The lowest BCUT2D eigenvalue weighted by atomic mass is 9.69. The molecule has 2 rings (SSSR count). The Balaban J connectivity index is 2.27. The fourth-order valence-corrected chi connectivity index (χ4v) is 5.48. The van der Waals surface area contributed by atoms with Gasteiger partial charge in [-0.2, -0.15) is 0 Å². The molecule has 0 aliphatic heterocycles. The summed E-state index contributed by atoms with van der Waals surface area (Å²) in [6.45, 7) is 10.5. The first kappa shape index (κ1) is 25.5. The van der Waals surface area contributed by atoms with Gasteiger partial charge in [-0.1, -0.05) is 77.1 Å². The molecule has 1 saturated carbocycles. The predicted octanol–water partition coefficient (Wildman–Crippen LogP) is 8.37. The number of amides is 1. The van der Waals surface area contributed by atoms with Gasteiger partial charge in [-0.3, -0.25) is 9.59 Å². The molecule has 1 aromatic carbocycles. The Morgan fingerprint density at radius 1 is 1.10 bits per heavy atom. The van der Waals surface area contributed by atoms with Crippen LogP contribution in [0.5, 0.6) is 0 Å². The van der Waals surface area contributed by atoms with Crippen molar-refractivity contribution >= 4 is 51.7 Å². The van der Waals surface area contributed by atoms with Gasteiger partial charge in [0.25, 0.3) is 0 Å². The number of carbonyl (C=O) groups excluding carboxylic acids is 2. The second-order valence-electron chi connectivity index (χ2n) is 10.2. The third-order valence-electron chi connectivity index (χ3n) is 5.66. The van der Waals surface area contributed by atoms with Crippen LogP contribution in [0.4, 0.5) is 5.69 Å². The van der Waals surface area contributed by atoms with Gasteiger partial charge >= 0.3 is 0 Å². The van der Waals surface area contributed by atoms with Gasteiger partial charge in [0.2, 0.25) is 5.91 Å². The molecule has 0 unspecified atom stereocenters. The van der Waals surface area contributed by atoms with Crippen LogP contribution in [0.3, 0.4) is 0 Å². The Morgan fingerprint density at radius 2 is 1.70 bits per heavy atom. The molecule has 0 saturated heterocycles. The van der Waals surface area contributed by atoms with Crippen molar-refractivity contribution in [3.63, 3.8) is 0 Å². The molecule has 0 bridgehead atoms. The number of benzene rings is 1. The van der Waals surface area contributed by atoms with Gasteiger partial charge in [-0.25, -0.2) is 0 Å². The van der Waals surface area contributed by atoms with E-state index < -0.39 is 0 Å². The molecule has 1 N–H and O–H groups in total. The first-order valence-electron chi connectivity index (χ1n) is 10.9. The zero-order valence-corrected chi connectivity index (χ0v) is 21.2. The first-order chi connectivity index (χ1) is 13.9. The van der Waals surface area contributed by atoms with Gasteiger partial charge in [-0.15, -0.1) is 0 Å². The van der Waals surface area contributed by atoms with E-state index in [1.165, 1.54) is 6.42 Å². The molecule has 0 spiro atoms. The lowest BCUT2D eigenvalue weighted by Gasteiger charge is -2.36. The van der Waals surface area contributed by atoms with Crippen molar-refractivity contribution in [2.45, 2.75) is 90.9 Å². The van der Waals surface area contributed by atoms with Gasteiger partial charge in [0, 0.05) is 16.7 Å². The lowest BCUT2D eigenvalue weighted by Crippen LogP contribution is -2.38. The van der Waals surface area contributed by atoms with E-state index in [9.17, 15) is 9.59 Å². The molecule has 0 atom stereocenters. The van der Waals surface area contributed by atoms with Crippen molar-refractivity contribution in [1.29, 1.82) is 0 Å². The largest absolute Gasteiger partial charge is 0.325 e. The van der Waals surface area contributed by atoms with Gasteiger partial charge < -0.3 is 5.32 Å². The van der Waals surface area contributed by atoms with Crippen molar-refractivity contribution in [3.05, 3.63) is 22.2 Å². The summed E-state index contributed by atoms with van der Waals surface area (Å²) in [5, 5.41) is 3.93. The molecule has 1 aliphatic carbocycles. The van der Waals surface area contributed by atoms with Crippen LogP contribution in [0.2, 0.25) is 10.0 Å². The Kier molecular flexibility index (Phi) is 9.15. The van der Waals surface area contributed by atoms with E-state index in [0.717, 1.165) is 50.3 Å². The summed E-state index contributed by atoms with van der Waals surface area (Å²) in [7, 11) is 0. The highest BCUT2D eigenvalue weighted by atomic mass is 35.5. The summed E-state index contributed by atoms with van der Waals surface area (Å²) >= 11 is 13.6. The number of hydrogen-bond acceptors (Lipinski definition) is 3. The molecule has 1 aromatic rings. The van der Waals surface area contributed by atoms with E-state index in [1.807, 2.05) is 20.8 Å². The van der Waals surface area contributed by atoms with Crippen LogP contribution in [-0.2, 0) is 9.59 Å². The van der Waals surface area contributed by atoms with Crippen molar-refractivity contribution in [2.75, 3.05) is 5.32 Å². The molecular formula is C24H35Cl2NO2S. The normalized spacial score (nSPS) is 16.5. The minimum atomic E-state index is -0.341. The van der Waals surface area contributed by atoms with Gasteiger partial charge in [0.05, 0.1) is 15.7 Å². The summed E-state index contributed by atoms with van der Waals surface area (Å²) in [6, 6.07) is 3.36. The SMILES string of the molecule is CC(C)CCC1(C(=O)Nc2cc(Cl)c(Cl)cc2SC(=O)CC(C)(C)C)CCCCC1. The van der Waals surface area contributed by atoms with E-state index in [2.05, 4.69) is 19.2 Å². The molecule has 0 radical (unpaired) electrons. The summed E-state index contributed by atoms with van der Waals surface area (Å²) < 4.78 is 0. The van der Waals surface area contributed by atoms with Gasteiger partial charge in [0.1, 0.15) is 0 Å². The number of rotatable bonds is 7. The third-order valence-corrected chi connectivity index (χ3v) is 7.31. The number of nitrogens with one attached hydrogen (secondary N) is 1. The monoisotopic (exact) mass is 471 g/mol. The maximum Gasteiger partial charge on any atom is 0.230 e. The highest BCUT2D eigenvalue weighted by Crippen LogP contribution is 2.44.